The molecule has 0 aromatic heterocycles. The summed E-state index contributed by atoms with van der Waals surface area (Å²) in [5.74, 6) is 2.57. The van der Waals surface area contributed by atoms with Crippen LogP contribution in [0.3, 0.4) is 0 Å². The Morgan fingerprint density at radius 2 is 1.96 bits per heavy atom. The van der Waals surface area contributed by atoms with Crippen LogP contribution >= 0.6 is 0 Å². The van der Waals surface area contributed by atoms with E-state index in [2.05, 4.69) is 6.92 Å². The highest BCUT2D eigenvalue weighted by Crippen LogP contribution is 2.39. The summed E-state index contributed by atoms with van der Waals surface area (Å²) in [6, 6.07) is 13.5. The van der Waals surface area contributed by atoms with E-state index in [1.807, 2.05) is 47.4 Å². The quantitative estimate of drug-likeness (QED) is 0.791. The molecule has 1 saturated carbocycles. The lowest BCUT2D eigenvalue weighted by atomic mass is 10.1. The molecule has 1 heterocycles. The normalized spacial score (nSPS) is 16.2. The zero-order valence-corrected chi connectivity index (χ0v) is 15.1. The Hall–Kier alpha value is -2.69. The van der Waals surface area contributed by atoms with Crippen molar-refractivity contribution in [3.63, 3.8) is 0 Å². The van der Waals surface area contributed by atoms with E-state index in [1.54, 1.807) is 7.11 Å². The second-order valence-corrected chi connectivity index (χ2v) is 6.90. The molecular weight excluding hydrogens is 330 g/mol. The van der Waals surface area contributed by atoms with Gasteiger partial charge in [0.15, 0.2) is 11.5 Å². The number of rotatable bonds is 6. The average Bonchev–Trinajstić information content (AvgIpc) is 3.42. The molecule has 1 atom stereocenters. The number of benzene rings is 2. The third-order valence-corrected chi connectivity index (χ3v) is 5.20. The van der Waals surface area contributed by atoms with E-state index in [0.29, 0.717) is 29.5 Å². The van der Waals surface area contributed by atoms with Crippen molar-refractivity contribution in [3.8, 4) is 17.2 Å². The molecule has 26 heavy (non-hydrogen) atoms. The molecule has 1 aliphatic carbocycles. The zero-order chi connectivity index (χ0) is 18.1. The first kappa shape index (κ1) is 16.8. The second kappa shape index (κ2) is 6.90. The molecule has 5 nitrogen and oxygen atoms in total. The molecule has 5 heteroatoms. The minimum Gasteiger partial charge on any atom is -0.497 e. The molecule has 2 aromatic rings. The Kier molecular flexibility index (Phi) is 4.45. The van der Waals surface area contributed by atoms with Gasteiger partial charge in [-0.3, -0.25) is 4.79 Å². The van der Waals surface area contributed by atoms with Crippen molar-refractivity contribution >= 4 is 5.91 Å². The van der Waals surface area contributed by atoms with Crippen molar-refractivity contribution in [2.45, 2.75) is 32.4 Å². The SMILES string of the molecule is COc1ccc(CN(C(=O)c2cccc3c2OCO3)C(C)C2CC2)cc1. The summed E-state index contributed by atoms with van der Waals surface area (Å²) in [5, 5.41) is 0. The number of carbonyl (C=O) groups is 1. The molecular formula is C21H23NO4. The Balaban J connectivity index is 1.62. The molecule has 1 fully saturated rings. The van der Waals surface area contributed by atoms with Gasteiger partial charge in [0.25, 0.3) is 5.91 Å². The molecule has 0 radical (unpaired) electrons. The van der Waals surface area contributed by atoms with Gasteiger partial charge in [-0.2, -0.15) is 0 Å². The number of nitrogens with zero attached hydrogens (tertiary/aromatic N) is 1. The fourth-order valence-corrected chi connectivity index (χ4v) is 3.41. The van der Waals surface area contributed by atoms with Crippen molar-refractivity contribution in [1.82, 2.24) is 4.90 Å². The number of fused-ring (bicyclic) bond motifs is 1. The van der Waals surface area contributed by atoms with Gasteiger partial charge in [-0.1, -0.05) is 18.2 Å². The number of ether oxygens (including phenoxy) is 3. The first-order valence-electron chi connectivity index (χ1n) is 9.00. The summed E-state index contributed by atoms with van der Waals surface area (Å²) in [6.45, 7) is 2.86. The van der Waals surface area contributed by atoms with E-state index >= 15 is 0 Å². The predicted octanol–water partition coefficient (Wildman–Crippen LogP) is 3.86. The maximum atomic E-state index is 13.4. The minimum atomic E-state index is -0.0115. The maximum Gasteiger partial charge on any atom is 0.258 e. The third kappa shape index (κ3) is 3.21. The van der Waals surface area contributed by atoms with Gasteiger partial charge >= 0.3 is 0 Å². The predicted molar refractivity (Wildman–Crippen MR) is 97.6 cm³/mol. The fourth-order valence-electron chi connectivity index (χ4n) is 3.41. The molecule has 0 N–H and O–H groups in total. The number of hydrogen-bond donors (Lipinski definition) is 0. The number of amides is 1. The van der Waals surface area contributed by atoms with E-state index in [1.165, 1.54) is 12.8 Å². The van der Waals surface area contributed by atoms with Gasteiger partial charge in [0.05, 0.1) is 12.7 Å². The molecule has 2 aromatic carbocycles. The van der Waals surface area contributed by atoms with Gasteiger partial charge in [-0.25, -0.2) is 0 Å². The highest BCUT2D eigenvalue weighted by Gasteiger charge is 2.36. The highest BCUT2D eigenvalue weighted by molar-refractivity contribution is 5.98. The highest BCUT2D eigenvalue weighted by atomic mass is 16.7. The Morgan fingerprint density at radius 3 is 2.65 bits per heavy atom. The van der Waals surface area contributed by atoms with Crippen LogP contribution in [0.2, 0.25) is 0 Å². The standard InChI is InChI=1S/C21H23NO4/c1-14(16-8-9-16)22(12-15-6-10-17(24-2)11-7-15)21(23)18-4-3-5-19-20(18)26-13-25-19/h3-7,10-11,14,16H,8-9,12-13H2,1-2H3. The third-order valence-electron chi connectivity index (χ3n) is 5.20. The molecule has 0 bridgehead atoms. The van der Waals surface area contributed by atoms with Crippen molar-refractivity contribution in [2.75, 3.05) is 13.9 Å². The lowest BCUT2D eigenvalue weighted by molar-refractivity contribution is 0.0649. The number of hydrogen-bond acceptors (Lipinski definition) is 4. The number of para-hydroxylation sites is 1. The number of carbonyl (C=O) groups excluding carboxylic acids is 1. The molecule has 1 amide bonds. The van der Waals surface area contributed by atoms with Crippen LogP contribution < -0.4 is 14.2 Å². The summed E-state index contributed by atoms with van der Waals surface area (Å²) in [7, 11) is 1.65. The van der Waals surface area contributed by atoms with Gasteiger partial charge < -0.3 is 19.1 Å². The smallest absolute Gasteiger partial charge is 0.258 e. The average molecular weight is 353 g/mol. The van der Waals surface area contributed by atoms with Crippen molar-refractivity contribution in [3.05, 3.63) is 53.6 Å². The zero-order valence-electron chi connectivity index (χ0n) is 15.1. The van der Waals surface area contributed by atoms with Gasteiger partial charge in [0.1, 0.15) is 5.75 Å². The molecule has 1 aliphatic heterocycles. The van der Waals surface area contributed by atoms with Crippen LogP contribution in [0.4, 0.5) is 0 Å². The van der Waals surface area contributed by atoms with Gasteiger partial charge in [0.2, 0.25) is 6.79 Å². The van der Waals surface area contributed by atoms with Crippen LogP contribution in [-0.4, -0.2) is 30.8 Å². The maximum absolute atomic E-state index is 13.4. The fraction of sp³-hybridized carbons (Fsp3) is 0.381. The second-order valence-electron chi connectivity index (χ2n) is 6.90. The molecule has 136 valence electrons. The van der Waals surface area contributed by atoms with E-state index in [-0.39, 0.29) is 18.7 Å². The summed E-state index contributed by atoms with van der Waals surface area (Å²) in [4.78, 5) is 15.3. The van der Waals surface area contributed by atoms with Crippen molar-refractivity contribution in [1.29, 1.82) is 0 Å². The summed E-state index contributed by atoms with van der Waals surface area (Å²) < 4.78 is 16.2. The Labute approximate surface area is 153 Å². The van der Waals surface area contributed by atoms with Crippen LogP contribution in [0.5, 0.6) is 17.2 Å². The summed E-state index contributed by atoms with van der Waals surface area (Å²) in [5.41, 5.74) is 1.65. The van der Waals surface area contributed by atoms with Crippen molar-refractivity contribution < 1.29 is 19.0 Å². The Bertz CT molecular complexity index is 798. The molecule has 0 saturated heterocycles. The van der Waals surface area contributed by atoms with Crippen LogP contribution in [0.25, 0.3) is 0 Å². The van der Waals surface area contributed by atoms with Crippen LogP contribution in [0.15, 0.2) is 42.5 Å². The van der Waals surface area contributed by atoms with Crippen LogP contribution in [-0.2, 0) is 6.54 Å². The largest absolute Gasteiger partial charge is 0.497 e. The van der Waals surface area contributed by atoms with E-state index in [9.17, 15) is 4.79 Å². The van der Waals surface area contributed by atoms with E-state index in [4.69, 9.17) is 14.2 Å². The van der Waals surface area contributed by atoms with E-state index < -0.39 is 0 Å². The summed E-state index contributed by atoms with van der Waals surface area (Å²) in [6.07, 6.45) is 2.36. The minimum absolute atomic E-state index is 0.0115. The number of methoxy groups -OCH3 is 1. The monoisotopic (exact) mass is 353 g/mol. The first-order chi connectivity index (χ1) is 12.7. The van der Waals surface area contributed by atoms with Gasteiger partial charge in [-0.05, 0) is 55.5 Å². The molecule has 4 rings (SSSR count). The van der Waals surface area contributed by atoms with Crippen molar-refractivity contribution in [2.24, 2.45) is 5.92 Å². The lowest BCUT2D eigenvalue weighted by Gasteiger charge is -2.30. The van der Waals surface area contributed by atoms with Crippen LogP contribution in [0, 0.1) is 5.92 Å². The molecule has 0 spiro atoms. The topological polar surface area (TPSA) is 48.0 Å². The summed E-state index contributed by atoms with van der Waals surface area (Å²) >= 11 is 0. The van der Waals surface area contributed by atoms with Gasteiger partial charge in [-0.15, -0.1) is 0 Å². The lowest BCUT2D eigenvalue weighted by Crippen LogP contribution is -2.39. The first-order valence-corrected chi connectivity index (χ1v) is 9.00. The van der Waals surface area contributed by atoms with Crippen LogP contribution in [0.1, 0.15) is 35.7 Å². The molecule has 2 aliphatic rings. The Morgan fingerprint density at radius 1 is 1.19 bits per heavy atom. The van der Waals surface area contributed by atoms with Gasteiger partial charge in [0, 0.05) is 12.6 Å². The molecule has 1 unspecified atom stereocenters. The van der Waals surface area contributed by atoms with E-state index in [0.717, 1.165) is 11.3 Å².